The maximum absolute atomic E-state index is 12.1. The first-order chi connectivity index (χ1) is 9.58. The highest BCUT2D eigenvalue weighted by Crippen LogP contribution is 2.17. The Morgan fingerprint density at radius 1 is 1.15 bits per heavy atom. The van der Waals surface area contributed by atoms with Crippen LogP contribution in [0.4, 0.5) is 0 Å². The van der Waals surface area contributed by atoms with Gasteiger partial charge in [0.05, 0.1) is 12.1 Å². The molecule has 3 nitrogen and oxygen atoms in total. The van der Waals surface area contributed by atoms with Gasteiger partial charge in [0.25, 0.3) is 5.91 Å². The van der Waals surface area contributed by atoms with Crippen molar-refractivity contribution in [3.8, 4) is 0 Å². The number of benzene rings is 2. The molecule has 0 aliphatic heterocycles. The molecule has 0 fully saturated rings. The van der Waals surface area contributed by atoms with Gasteiger partial charge in [-0.3, -0.25) is 4.79 Å². The number of hydrogen-bond donors (Lipinski definition) is 2. The maximum atomic E-state index is 12.1. The van der Waals surface area contributed by atoms with Gasteiger partial charge in [0.1, 0.15) is 0 Å². The van der Waals surface area contributed by atoms with Crippen molar-refractivity contribution >= 4 is 17.5 Å². The van der Waals surface area contributed by atoms with Gasteiger partial charge in [-0.25, -0.2) is 0 Å². The number of rotatable bonds is 4. The summed E-state index contributed by atoms with van der Waals surface area (Å²) in [7, 11) is 0. The summed E-state index contributed by atoms with van der Waals surface area (Å²) in [5.41, 5.74) is 1.25. The highest BCUT2D eigenvalue weighted by atomic mass is 35.5. The standard InChI is InChI=1S/C16H16ClNO2/c1-11(15(19)12-6-3-2-4-7-12)18-16(20)13-8-5-9-14(17)10-13/h2-11,15,19H,1H3,(H,18,20). The highest BCUT2D eigenvalue weighted by molar-refractivity contribution is 6.30. The van der Waals surface area contributed by atoms with Crippen LogP contribution in [0.3, 0.4) is 0 Å². The van der Waals surface area contributed by atoms with Crippen LogP contribution in [0, 0.1) is 0 Å². The van der Waals surface area contributed by atoms with E-state index in [1.54, 1.807) is 31.2 Å². The predicted octanol–water partition coefficient (Wildman–Crippen LogP) is 3.19. The molecule has 0 bridgehead atoms. The zero-order valence-corrected chi connectivity index (χ0v) is 11.8. The van der Waals surface area contributed by atoms with Crippen LogP contribution >= 0.6 is 11.6 Å². The Morgan fingerprint density at radius 3 is 2.50 bits per heavy atom. The zero-order chi connectivity index (χ0) is 14.5. The van der Waals surface area contributed by atoms with Gasteiger partial charge >= 0.3 is 0 Å². The number of hydrogen-bond acceptors (Lipinski definition) is 2. The SMILES string of the molecule is CC(NC(=O)c1cccc(Cl)c1)C(O)c1ccccc1. The van der Waals surface area contributed by atoms with Crippen molar-refractivity contribution in [3.05, 3.63) is 70.7 Å². The lowest BCUT2D eigenvalue weighted by atomic mass is 10.0. The Balaban J connectivity index is 2.04. The first kappa shape index (κ1) is 14.6. The van der Waals surface area contributed by atoms with E-state index in [2.05, 4.69) is 5.32 Å². The number of halogens is 1. The smallest absolute Gasteiger partial charge is 0.251 e. The van der Waals surface area contributed by atoms with E-state index in [0.29, 0.717) is 10.6 Å². The van der Waals surface area contributed by atoms with Crippen LogP contribution in [0.1, 0.15) is 28.9 Å². The minimum absolute atomic E-state index is 0.255. The van der Waals surface area contributed by atoms with E-state index in [-0.39, 0.29) is 5.91 Å². The van der Waals surface area contributed by atoms with Crippen molar-refractivity contribution in [1.82, 2.24) is 5.32 Å². The summed E-state index contributed by atoms with van der Waals surface area (Å²) in [5, 5.41) is 13.5. The third-order valence-corrected chi connectivity index (χ3v) is 3.30. The van der Waals surface area contributed by atoms with Gasteiger partial charge < -0.3 is 10.4 Å². The van der Waals surface area contributed by atoms with Crippen molar-refractivity contribution in [2.75, 3.05) is 0 Å². The van der Waals surface area contributed by atoms with Gasteiger partial charge in [0.2, 0.25) is 0 Å². The quantitative estimate of drug-likeness (QED) is 0.908. The van der Waals surface area contributed by atoms with Crippen LogP contribution < -0.4 is 5.32 Å². The van der Waals surface area contributed by atoms with Crippen LogP contribution in [-0.2, 0) is 0 Å². The molecule has 0 aliphatic rings. The molecule has 2 rings (SSSR count). The van der Waals surface area contributed by atoms with E-state index in [1.807, 2.05) is 30.3 Å². The summed E-state index contributed by atoms with van der Waals surface area (Å²) >= 11 is 5.85. The minimum atomic E-state index is -0.751. The van der Waals surface area contributed by atoms with E-state index in [1.165, 1.54) is 0 Å². The number of carbonyl (C=O) groups is 1. The second-order valence-corrected chi connectivity index (χ2v) is 5.06. The molecule has 104 valence electrons. The molecule has 2 atom stereocenters. The Bertz CT molecular complexity index is 586. The van der Waals surface area contributed by atoms with E-state index in [9.17, 15) is 9.90 Å². The van der Waals surface area contributed by atoms with E-state index in [4.69, 9.17) is 11.6 Å². The lowest BCUT2D eigenvalue weighted by Crippen LogP contribution is -2.37. The van der Waals surface area contributed by atoms with Crippen molar-refractivity contribution in [2.24, 2.45) is 0 Å². The van der Waals surface area contributed by atoms with Gasteiger partial charge in [-0.2, -0.15) is 0 Å². The molecule has 0 heterocycles. The summed E-state index contributed by atoms with van der Waals surface area (Å²) in [6.07, 6.45) is -0.751. The first-order valence-corrected chi connectivity index (χ1v) is 6.75. The first-order valence-electron chi connectivity index (χ1n) is 6.37. The fourth-order valence-electron chi connectivity index (χ4n) is 1.94. The van der Waals surface area contributed by atoms with Crippen molar-refractivity contribution in [1.29, 1.82) is 0 Å². The molecule has 1 amide bonds. The van der Waals surface area contributed by atoms with E-state index >= 15 is 0 Å². The third-order valence-electron chi connectivity index (χ3n) is 3.06. The van der Waals surface area contributed by atoms with E-state index < -0.39 is 12.1 Å². The summed E-state index contributed by atoms with van der Waals surface area (Å²) in [4.78, 5) is 12.1. The summed E-state index contributed by atoms with van der Waals surface area (Å²) in [6.45, 7) is 1.76. The van der Waals surface area contributed by atoms with Gasteiger partial charge in [-0.15, -0.1) is 0 Å². The molecule has 0 spiro atoms. The zero-order valence-electron chi connectivity index (χ0n) is 11.1. The van der Waals surface area contributed by atoms with Crippen LogP contribution in [-0.4, -0.2) is 17.1 Å². The fourth-order valence-corrected chi connectivity index (χ4v) is 2.13. The monoisotopic (exact) mass is 289 g/mol. The summed E-state index contributed by atoms with van der Waals surface area (Å²) < 4.78 is 0. The molecule has 0 saturated heterocycles. The van der Waals surface area contributed by atoms with Crippen LogP contribution in [0.25, 0.3) is 0 Å². The average molecular weight is 290 g/mol. The lowest BCUT2D eigenvalue weighted by molar-refractivity contribution is 0.0852. The third kappa shape index (κ3) is 3.59. The van der Waals surface area contributed by atoms with Crippen LogP contribution in [0.5, 0.6) is 0 Å². The highest BCUT2D eigenvalue weighted by Gasteiger charge is 2.18. The van der Waals surface area contributed by atoms with Crippen molar-refractivity contribution in [3.63, 3.8) is 0 Å². The molecule has 0 aromatic heterocycles. The normalized spacial score (nSPS) is 13.6. The van der Waals surface area contributed by atoms with E-state index in [0.717, 1.165) is 5.56 Å². The molecule has 2 aromatic rings. The van der Waals surface area contributed by atoms with Crippen LogP contribution in [0.15, 0.2) is 54.6 Å². The average Bonchev–Trinajstić information content (AvgIpc) is 2.47. The van der Waals surface area contributed by atoms with Gasteiger partial charge in [0, 0.05) is 10.6 Å². The minimum Gasteiger partial charge on any atom is -0.386 e. The van der Waals surface area contributed by atoms with Gasteiger partial charge in [-0.05, 0) is 30.7 Å². The largest absolute Gasteiger partial charge is 0.386 e. The summed E-state index contributed by atoms with van der Waals surface area (Å²) in [5.74, 6) is -0.255. The fraction of sp³-hybridized carbons (Fsp3) is 0.188. The predicted molar refractivity (Wildman–Crippen MR) is 79.8 cm³/mol. The number of carbonyl (C=O) groups excluding carboxylic acids is 1. The molecule has 0 radical (unpaired) electrons. The molecule has 2 unspecified atom stereocenters. The van der Waals surface area contributed by atoms with Gasteiger partial charge in [-0.1, -0.05) is 48.0 Å². The molecular formula is C16H16ClNO2. The molecule has 4 heteroatoms. The number of amides is 1. The Hall–Kier alpha value is -1.84. The van der Waals surface area contributed by atoms with Gasteiger partial charge in [0.15, 0.2) is 0 Å². The second-order valence-electron chi connectivity index (χ2n) is 4.63. The number of aliphatic hydroxyl groups excluding tert-OH is 1. The molecule has 2 N–H and O–H groups in total. The van der Waals surface area contributed by atoms with Crippen molar-refractivity contribution < 1.29 is 9.90 Å². The molecule has 20 heavy (non-hydrogen) atoms. The van der Waals surface area contributed by atoms with Crippen LogP contribution in [0.2, 0.25) is 5.02 Å². The Labute approximate surface area is 123 Å². The second kappa shape index (κ2) is 6.55. The topological polar surface area (TPSA) is 49.3 Å². The molecule has 2 aromatic carbocycles. The maximum Gasteiger partial charge on any atom is 0.251 e. The number of aliphatic hydroxyl groups is 1. The van der Waals surface area contributed by atoms with Crippen molar-refractivity contribution in [2.45, 2.75) is 19.1 Å². The molecular weight excluding hydrogens is 274 g/mol. The summed E-state index contributed by atoms with van der Waals surface area (Å²) in [6, 6.07) is 15.5. The molecule has 0 aliphatic carbocycles. The Morgan fingerprint density at radius 2 is 1.85 bits per heavy atom. The molecule has 0 saturated carbocycles. The lowest BCUT2D eigenvalue weighted by Gasteiger charge is -2.20. The number of nitrogens with one attached hydrogen (secondary N) is 1. The Kier molecular flexibility index (Phi) is 4.77.